The first-order chi connectivity index (χ1) is 12.6. The van der Waals surface area contributed by atoms with Gasteiger partial charge in [0.05, 0.1) is 17.7 Å². The molecule has 1 aromatic heterocycles. The molecule has 0 bridgehead atoms. The van der Waals surface area contributed by atoms with Crippen LogP contribution < -0.4 is 19.9 Å². The van der Waals surface area contributed by atoms with E-state index in [-0.39, 0.29) is 11.9 Å². The van der Waals surface area contributed by atoms with Crippen molar-refractivity contribution in [2.75, 3.05) is 38.6 Å². The van der Waals surface area contributed by atoms with Crippen molar-refractivity contribution in [1.29, 1.82) is 0 Å². The quantitative estimate of drug-likeness (QED) is 0.675. The highest BCUT2D eigenvalue weighted by Gasteiger charge is 2.31. The fourth-order valence-corrected chi connectivity index (χ4v) is 4.35. The van der Waals surface area contributed by atoms with Crippen molar-refractivity contribution in [3.63, 3.8) is 0 Å². The van der Waals surface area contributed by atoms with E-state index in [2.05, 4.69) is 22.8 Å². The van der Waals surface area contributed by atoms with Crippen molar-refractivity contribution in [2.24, 2.45) is 0 Å². The van der Waals surface area contributed by atoms with Crippen molar-refractivity contribution in [3.8, 4) is 5.75 Å². The Morgan fingerprint density at radius 2 is 2.08 bits per heavy atom. The molecular weight excluding hydrogens is 370 g/mol. The molecule has 1 saturated heterocycles. The van der Waals surface area contributed by atoms with Crippen molar-refractivity contribution < 1.29 is 19.3 Å². The van der Waals surface area contributed by atoms with Gasteiger partial charge in [0.25, 0.3) is 5.91 Å². The highest BCUT2D eigenvalue weighted by atomic mass is 35.5. The Morgan fingerprint density at radius 1 is 1.31 bits per heavy atom. The van der Waals surface area contributed by atoms with E-state index < -0.39 is 0 Å². The fourth-order valence-electron chi connectivity index (χ4n) is 3.40. The van der Waals surface area contributed by atoms with Crippen molar-refractivity contribution >= 4 is 34.5 Å². The van der Waals surface area contributed by atoms with Crippen LogP contribution in [0.15, 0.2) is 35.7 Å². The summed E-state index contributed by atoms with van der Waals surface area (Å²) < 4.78 is 5.31. The maximum atomic E-state index is 12.7. The first kappa shape index (κ1) is 19.2. The smallest absolute Gasteiger partial charge is 0.282 e. The number of piperazine rings is 1. The van der Waals surface area contributed by atoms with Gasteiger partial charge in [-0.1, -0.05) is 17.7 Å². The van der Waals surface area contributed by atoms with E-state index in [0.29, 0.717) is 16.5 Å². The largest absolute Gasteiger partial charge is 0.495 e. The maximum Gasteiger partial charge on any atom is 0.282 e. The number of benzene rings is 1. The summed E-state index contributed by atoms with van der Waals surface area (Å²) >= 11 is 7.87. The number of nitrogens with one attached hydrogen (secondary N) is 3. The number of hydrogen-bond acceptors (Lipinski definition) is 3. The fraction of sp³-hybridized carbons (Fsp3) is 0.421. The van der Waals surface area contributed by atoms with Crippen LogP contribution in [0, 0.1) is 0 Å². The van der Waals surface area contributed by atoms with E-state index in [1.54, 1.807) is 30.2 Å². The summed E-state index contributed by atoms with van der Waals surface area (Å²) in [6.07, 6.45) is 0. The van der Waals surface area contributed by atoms with Gasteiger partial charge in [-0.05, 0) is 36.6 Å². The molecule has 26 heavy (non-hydrogen) atoms. The van der Waals surface area contributed by atoms with Gasteiger partial charge in [0.15, 0.2) is 6.04 Å². The lowest BCUT2D eigenvalue weighted by Gasteiger charge is -2.32. The molecule has 7 heteroatoms. The average Bonchev–Trinajstić information content (AvgIpc) is 3.15. The molecule has 0 aliphatic carbocycles. The van der Waals surface area contributed by atoms with Crippen LogP contribution in [-0.2, 0) is 11.3 Å². The Hall–Kier alpha value is -1.60. The molecular formula is C19H26ClN3O2S+2. The van der Waals surface area contributed by atoms with Gasteiger partial charge >= 0.3 is 0 Å². The highest BCUT2D eigenvalue weighted by Crippen LogP contribution is 2.27. The summed E-state index contributed by atoms with van der Waals surface area (Å²) in [4.78, 5) is 17.1. The van der Waals surface area contributed by atoms with Gasteiger partial charge in [-0.25, -0.2) is 0 Å². The van der Waals surface area contributed by atoms with E-state index in [1.807, 2.05) is 18.3 Å². The third-order valence-corrected chi connectivity index (χ3v) is 6.14. The van der Waals surface area contributed by atoms with Crippen molar-refractivity contribution in [1.82, 2.24) is 0 Å². The number of carbonyl (C=O) groups is 1. The molecule has 0 saturated carbocycles. The molecule has 3 N–H and O–H groups in total. The SMILES string of the molecule is COc1ccc(Cl)cc1NC(=O)[C@H](C)[NH+]1CC[NH+](Cc2cccs2)CC1. The minimum Gasteiger partial charge on any atom is -0.495 e. The number of anilines is 1. The standard InChI is InChI=1S/C19H24ClN3O2S/c1-14(19(24)21-17-12-15(20)5-6-18(17)25-2)23-9-7-22(8-10-23)13-16-4-3-11-26-16/h3-6,11-12,14H,7-10,13H2,1-2H3,(H,21,24)/p+2/t14-/m0/s1. The molecule has 1 aliphatic heterocycles. The lowest BCUT2D eigenvalue weighted by atomic mass is 10.2. The third kappa shape index (κ3) is 4.76. The Bertz CT molecular complexity index is 730. The number of halogens is 1. The number of thiophene rings is 1. The van der Waals surface area contributed by atoms with Crippen molar-refractivity contribution in [3.05, 3.63) is 45.6 Å². The summed E-state index contributed by atoms with van der Waals surface area (Å²) in [7, 11) is 1.59. The Morgan fingerprint density at radius 3 is 2.73 bits per heavy atom. The second-order valence-corrected chi connectivity index (χ2v) is 8.19. The zero-order chi connectivity index (χ0) is 18.5. The van der Waals surface area contributed by atoms with Crippen LogP contribution >= 0.6 is 22.9 Å². The van der Waals surface area contributed by atoms with Crippen LogP contribution in [-0.4, -0.2) is 45.2 Å². The minimum absolute atomic E-state index is 0.00211. The molecule has 2 aromatic rings. The normalized spacial score (nSPS) is 21.2. The van der Waals surface area contributed by atoms with Gasteiger partial charge in [0.1, 0.15) is 38.5 Å². The Labute approximate surface area is 163 Å². The molecule has 1 fully saturated rings. The zero-order valence-electron chi connectivity index (χ0n) is 15.2. The third-order valence-electron chi connectivity index (χ3n) is 5.03. The molecule has 1 aromatic carbocycles. The Balaban J connectivity index is 1.54. The average molecular weight is 396 g/mol. The molecule has 2 heterocycles. The van der Waals surface area contributed by atoms with E-state index in [9.17, 15) is 4.79 Å². The number of hydrogen-bond donors (Lipinski definition) is 3. The summed E-state index contributed by atoms with van der Waals surface area (Å²) in [5.74, 6) is 0.623. The van der Waals surface area contributed by atoms with Gasteiger partial charge in [-0.3, -0.25) is 4.79 Å². The van der Waals surface area contributed by atoms with Gasteiger partial charge in [0.2, 0.25) is 0 Å². The number of amides is 1. The number of carbonyl (C=O) groups excluding carboxylic acids is 1. The van der Waals surface area contributed by atoms with Crippen LogP contribution in [0.3, 0.4) is 0 Å². The summed E-state index contributed by atoms with van der Waals surface area (Å²) in [5, 5.41) is 5.68. The van der Waals surface area contributed by atoms with Crippen LogP contribution in [0.2, 0.25) is 5.02 Å². The molecule has 1 aliphatic rings. The highest BCUT2D eigenvalue weighted by molar-refractivity contribution is 7.09. The van der Waals surface area contributed by atoms with Crippen LogP contribution in [0.5, 0.6) is 5.75 Å². The van der Waals surface area contributed by atoms with E-state index in [0.717, 1.165) is 32.7 Å². The van der Waals surface area contributed by atoms with Crippen LogP contribution in [0.25, 0.3) is 0 Å². The second kappa shape index (κ2) is 8.86. The number of ether oxygens (including phenoxy) is 1. The molecule has 0 unspecified atom stereocenters. The van der Waals surface area contributed by atoms with E-state index >= 15 is 0 Å². The maximum absolute atomic E-state index is 12.7. The molecule has 1 atom stereocenters. The van der Waals surface area contributed by atoms with Gasteiger partial charge < -0.3 is 19.9 Å². The summed E-state index contributed by atoms with van der Waals surface area (Å²) in [6.45, 7) is 7.26. The first-order valence-corrected chi connectivity index (χ1v) is 10.2. The number of methoxy groups -OCH3 is 1. The van der Waals surface area contributed by atoms with Gasteiger partial charge in [-0.2, -0.15) is 0 Å². The van der Waals surface area contributed by atoms with Crippen molar-refractivity contribution in [2.45, 2.75) is 19.5 Å². The predicted molar refractivity (Wildman–Crippen MR) is 106 cm³/mol. The molecule has 3 rings (SSSR count). The van der Waals surface area contributed by atoms with Crippen LogP contribution in [0.4, 0.5) is 5.69 Å². The molecule has 1 amide bonds. The van der Waals surface area contributed by atoms with E-state index in [1.165, 1.54) is 9.78 Å². The monoisotopic (exact) mass is 395 g/mol. The first-order valence-electron chi connectivity index (χ1n) is 8.91. The Kier molecular flexibility index (Phi) is 6.53. The topological polar surface area (TPSA) is 47.2 Å². The van der Waals surface area contributed by atoms with Gasteiger partial charge in [0, 0.05) is 5.02 Å². The number of quaternary nitrogens is 2. The molecule has 0 radical (unpaired) electrons. The second-order valence-electron chi connectivity index (χ2n) is 6.72. The summed E-state index contributed by atoms with van der Waals surface area (Å²) in [5.41, 5.74) is 0.623. The van der Waals surface area contributed by atoms with Gasteiger partial charge in [-0.15, -0.1) is 11.3 Å². The lowest BCUT2D eigenvalue weighted by molar-refractivity contribution is -1.02. The number of rotatable bonds is 6. The predicted octanol–water partition coefficient (Wildman–Crippen LogP) is 0.721. The molecule has 5 nitrogen and oxygen atoms in total. The molecule has 140 valence electrons. The van der Waals surface area contributed by atoms with Crippen LogP contribution in [0.1, 0.15) is 11.8 Å². The van der Waals surface area contributed by atoms with E-state index in [4.69, 9.17) is 16.3 Å². The molecule has 0 spiro atoms. The zero-order valence-corrected chi connectivity index (χ0v) is 16.8. The lowest BCUT2D eigenvalue weighted by Crippen LogP contribution is -3.29. The summed E-state index contributed by atoms with van der Waals surface area (Å²) in [6, 6.07) is 9.44. The minimum atomic E-state index is -0.109.